The van der Waals surface area contributed by atoms with Gasteiger partial charge in [0.2, 0.25) is 0 Å². The number of benzene rings is 3. The quantitative estimate of drug-likeness (QED) is 0.128. The Labute approximate surface area is 287 Å². The van der Waals surface area contributed by atoms with E-state index in [0.717, 1.165) is 49.1 Å². The monoisotopic (exact) mass is 800 g/mol. The van der Waals surface area contributed by atoms with Crippen molar-refractivity contribution in [3.05, 3.63) is 114 Å². The second-order valence-corrected chi connectivity index (χ2v) is 18.2. The molecular weight excluding hydrogens is 756 g/mol. The van der Waals surface area contributed by atoms with Crippen molar-refractivity contribution >= 4 is 44.8 Å². The van der Waals surface area contributed by atoms with E-state index in [-0.39, 0.29) is 31.5 Å². The van der Waals surface area contributed by atoms with Crippen LogP contribution in [0.3, 0.4) is 0 Å². The maximum Gasteiger partial charge on any atom is 0.140 e. The topological polar surface area (TPSA) is 25.8 Å². The third-order valence-electron chi connectivity index (χ3n) is 7.34. The molecule has 3 heterocycles. The van der Waals surface area contributed by atoms with E-state index in [9.17, 15) is 4.39 Å². The third-order valence-corrected chi connectivity index (χ3v) is 10.6. The minimum Gasteiger partial charge on any atom is -0.305 e. The van der Waals surface area contributed by atoms with Gasteiger partial charge in [0.15, 0.2) is 0 Å². The summed E-state index contributed by atoms with van der Waals surface area (Å²) in [5.74, 6) is -1.61. The van der Waals surface area contributed by atoms with Crippen molar-refractivity contribution in [1.82, 2.24) is 9.97 Å². The fourth-order valence-electron chi connectivity index (χ4n) is 5.00. The first-order chi connectivity index (χ1) is 22.2. The van der Waals surface area contributed by atoms with Gasteiger partial charge in [0.1, 0.15) is 5.82 Å². The molecule has 3 aromatic carbocycles. The Kier molecular flexibility index (Phi) is 8.66. The summed E-state index contributed by atoms with van der Waals surface area (Å²) in [6.07, 6.45) is 3.61. The Bertz CT molecular complexity index is 2090. The minimum absolute atomic E-state index is 0. The molecule has 0 fully saturated rings. The van der Waals surface area contributed by atoms with Crippen molar-refractivity contribution < 1.29 is 31.3 Å². The second-order valence-electron chi connectivity index (χ2n) is 12.1. The number of fused-ring (bicyclic) bond motifs is 3. The predicted octanol–water partition coefficient (Wildman–Crippen LogP) is 10.7. The summed E-state index contributed by atoms with van der Waals surface area (Å²) in [7, 11) is -1.61. The van der Waals surface area contributed by atoms with Crippen molar-refractivity contribution in [2.45, 2.75) is 66.0 Å². The van der Waals surface area contributed by atoms with Gasteiger partial charge in [-0.05, 0) is 50.6 Å². The summed E-state index contributed by atoms with van der Waals surface area (Å²) in [6.45, 7) is 12.1. The molecule has 0 aliphatic heterocycles. The van der Waals surface area contributed by atoms with Crippen LogP contribution >= 0.6 is 11.3 Å². The zero-order valence-corrected chi connectivity index (χ0v) is 30.2. The number of rotatable bonds is 5. The molecule has 44 heavy (non-hydrogen) atoms. The van der Waals surface area contributed by atoms with Crippen LogP contribution in [0.5, 0.6) is 0 Å². The van der Waals surface area contributed by atoms with Crippen LogP contribution in [0, 0.1) is 24.8 Å². The van der Waals surface area contributed by atoms with Gasteiger partial charge in [-0.1, -0.05) is 95.0 Å². The number of aromatic nitrogens is 2. The molecule has 3 aromatic heterocycles. The summed E-state index contributed by atoms with van der Waals surface area (Å²) < 4.78 is 54.8. The molecule has 0 aliphatic carbocycles. The number of aryl methyl sites for hydroxylation is 1. The Balaban J connectivity index is 0.000000216. The molecule has 0 spiro atoms. The molecule has 0 unspecified atom stereocenters. The van der Waals surface area contributed by atoms with Crippen LogP contribution in [0.15, 0.2) is 79.1 Å². The van der Waals surface area contributed by atoms with Crippen LogP contribution in [0.2, 0.25) is 19.6 Å². The predicted molar refractivity (Wildman–Crippen MR) is 186 cm³/mol. The van der Waals surface area contributed by atoms with Crippen LogP contribution in [-0.4, -0.2) is 18.0 Å². The molecular formula is C38H39FIrN2SSi-2. The Morgan fingerprint density at radius 1 is 0.886 bits per heavy atom. The van der Waals surface area contributed by atoms with Crippen LogP contribution < -0.4 is 5.19 Å². The number of nitrogens with zero attached hydrogens (tertiary/aromatic N) is 2. The summed E-state index contributed by atoms with van der Waals surface area (Å²) >= 11 is 1.43. The van der Waals surface area contributed by atoms with Gasteiger partial charge in [-0.25, -0.2) is 4.39 Å². The average molecular weight is 800 g/mol. The Morgan fingerprint density at radius 3 is 2.32 bits per heavy atom. The van der Waals surface area contributed by atoms with Gasteiger partial charge in [-0.3, -0.25) is 0 Å². The molecule has 0 N–H and O–H groups in total. The van der Waals surface area contributed by atoms with Gasteiger partial charge in [0, 0.05) is 39.4 Å². The number of pyridine rings is 2. The molecule has 0 aliphatic rings. The van der Waals surface area contributed by atoms with E-state index in [4.69, 9.17) is 6.85 Å². The maximum absolute atomic E-state index is 14.1. The second kappa shape index (κ2) is 14.0. The first-order valence-corrected chi connectivity index (χ1v) is 18.6. The largest absolute Gasteiger partial charge is 0.305 e. The maximum atomic E-state index is 14.1. The van der Waals surface area contributed by atoms with Gasteiger partial charge in [0.25, 0.3) is 0 Å². The Morgan fingerprint density at radius 2 is 1.66 bits per heavy atom. The molecule has 0 atom stereocenters. The molecule has 6 heteroatoms. The molecule has 229 valence electrons. The zero-order chi connectivity index (χ0) is 35.2. The van der Waals surface area contributed by atoms with E-state index in [2.05, 4.69) is 41.7 Å². The molecule has 2 nitrogen and oxygen atoms in total. The van der Waals surface area contributed by atoms with Crippen LogP contribution in [0.25, 0.3) is 42.7 Å². The number of halogens is 1. The summed E-state index contributed by atoms with van der Waals surface area (Å²) in [5, 5.41) is 3.12. The molecule has 6 aromatic rings. The molecule has 0 amide bonds. The SMILES string of the molecule is [2H]C(C)(C)c1ccnc(-c2[c-]ccc3c2sc2c(F)cccc23)c1.[2H]C([2H])([2H])c1c[c-]c(-c2cc(C([2H])(C)C)c([Si](C)(C)C)cn2)cc1.[Ir]. The van der Waals surface area contributed by atoms with Gasteiger partial charge < -0.3 is 9.97 Å². The van der Waals surface area contributed by atoms with Crippen molar-refractivity contribution in [1.29, 1.82) is 0 Å². The van der Waals surface area contributed by atoms with Gasteiger partial charge in [-0.15, -0.1) is 59.2 Å². The van der Waals surface area contributed by atoms with Gasteiger partial charge in [0.05, 0.1) is 12.8 Å². The van der Waals surface area contributed by atoms with E-state index < -0.39 is 26.7 Å². The van der Waals surface area contributed by atoms with Crippen molar-refractivity contribution in [3.8, 4) is 22.5 Å². The van der Waals surface area contributed by atoms with Crippen molar-refractivity contribution in [2.24, 2.45) is 0 Å². The smallest absolute Gasteiger partial charge is 0.140 e. The molecule has 0 saturated heterocycles. The molecule has 0 bridgehead atoms. The van der Waals surface area contributed by atoms with Crippen LogP contribution in [0.4, 0.5) is 4.39 Å². The van der Waals surface area contributed by atoms with Gasteiger partial charge in [-0.2, -0.15) is 11.3 Å². The normalized spacial score (nSPS) is 14.0. The van der Waals surface area contributed by atoms with E-state index in [1.54, 1.807) is 24.4 Å². The average Bonchev–Trinajstić information content (AvgIpc) is 3.40. The molecule has 0 saturated carbocycles. The summed E-state index contributed by atoms with van der Waals surface area (Å²) in [6, 6.07) is 25.9. The fourth-order valence-corrected chi connectivity index (χ4v) is 7.79. The summed E-state index contributed by atoms with van der Waals surface area (Å²) in [4.78, 5) is 9.03. The van der Waals surface area contributed by atoms with E-state index >= 15 is 0 Å². The van der Waals surface area contributed by atoms with Crippen molar-refractivity contribution in [2.75, 3.05) is 0 Å². The minimum atomic E-state index is -2.13. The van der Waals surface area contributed by atoms with Gasteiger partial charge >= 0.3 is 0 Å². The number of thiophene rings is 1. The van der Waals surface area contributed by atoms with Crippen LogP contribution in [0.1, 0.15) is 63.0 Å². The Hall–Kier alpha value is -3.02. The number of hydrogen-bond acceptors (Lipinski definition) is 3. The fraction of sp³-hybridized carbons (Fsp3) is 0.263. The van der Waals surface area contributed by atoms with E-state index in [0.29, 0.717) is 4.70 Å². The first-order valence-electron chi connectivity index (χ1n) is 16.8. The number of hydrogen-bond donors (Lipinski definition) is 0. The van der Waals surface area contributed by atoms with Crippen LogP contribution in [-0.2, 0) is 20.1 Å². The summed E-state index contributed by atoms with van der Waals surface area (Å²) in [5.41, 5.74) is 5.25. The van der Waals surface area contributed by atoms with E-state index in [1.807, 2.05) is 70.3 Å². The van der Waals surface area contributed by atoms with Crippen molar-refractivity contribution in [3.63, 3.8) is 0 Å². The molecule has 1 radical (unpaired) electrons. The van der Waals surface area contributed by atoms with E-state index in [1.165, 1.54) is 28.7 Å². The third kappa shape index (κ3) is 7.26. The zero-order valence-electron chi connectivity index (χ0n) is 31.0. The first kappa shape index (κ1) is 27.3. The molecule has 6 rings (SSSR count). The standard InChI is InChI=1S/C20H15FNS.C18H24NSi.Ir/c1-12(2)13-9-10-22-18(11-13)16-7-3-5-14-15-6-4-8-17(21)20(15)23-19(14)16;1-13(2)16-11-17(15-9-7-14(3)8-10-15)19-12-18(16)20(4,5)6;/h3-6,8-12H,1-2H3;7-9,11-13H,1-6H3;/q2*-1;/i12D;3D3,13D;.